The Morgan fingerprint density at radius 1 is 0.973 bits per heavy atom. The van der Waals surface area contributed by atoms with Crippen LogP contribution in [-0.2, 0) is 24.9 Å². The summed E-state index contributed by atoms with van der Waals surface area (Å²) in [6.45, 7) is 5.95. The standard InChI is InChI=1S/C22H12NO.C10H18O2.Ir/c24-22-17-10-5-4-9-15(17)16-11-6-12-19-21(16)18(22)13-20(23-19)14-7-2-1-3-8-14;1-4-5-9(11)7-10(12)6-8(2)3;/h1-7,9-13H;7-8,11H,4-6H2,1-3H3;/q-1;;/b;9-7-;. The van der Waals surface area contributed by atoms with Crippen molar-refractivity contribution >= 4 is 22.5 Å². The third-order valence-electron chi connectivity index (χ3n) is 5.97. The molecule has 0 atom stereocenters. The van der Waals surface area contributed by atoms with Crippen LogP contribution in [0, 0.1) is 12.0 Å². The van der Waals surface area contributed by atoms with Crippen molar-refractivity contribution in [2.45, 2.75) is 40.0 Å². The Hall–Kier alpha value is -3.40. The van der Waals surface area contributed by atoms with Gasteiger partial charge in [0, 0.05) is 55.5 Å². The predicted molar refractivity (Wildman–Crippen MR) is 145 cm³/mol. The SMILES string of the molecule is CCC/C(O)=C/C(=O)CC(C)C.O=C1c2ccccc2-c2cccc3nc(-c4[c-]cccc4)cc1c23.[Ir]. The number of hydrogen-bond acceptors (Lipinski definition) is 4. The molecule has 5 rings (SSSR count). The number of allylic oxidation sites excluding steroid dienone is 2. The van der Waals surface area contributed by atoms with Crippen molar-refractivity contribution in [3.8, 4) is 22.4 Å². The first-order valence-corrected chi connectivity index (χ1v) is 12.4. The third kappa shape index (κ3) is 6.49. The van der Waals surface area contributed by atoms with Crippen molar-refractivity contribution in [3.63, 3.8) is 0 Å². The largest absolute Gasteiger partial charge is 0.512 e. The van der Waals surface area contributed by atoms with E-state index in [4.69, 9.17) is 4.98 Å². The number of carbonyl (C=O) groups is 2. The number of aromatic nitrogens is 1. The number of pyridine rings is 1. The molecule has 0 amide bonds. The van der Waals surface area contributed by atoms with Crippen LogP contribution in [0.25, 0.3) is 33.3 Å². The number of rotatable bonds is 6. The second kappa shape index (κ2) is 12.7. The van der Waals surface area contributed by atoms with Gasteiger partial charge in [0.15, 0.2) is 11.6 Å². The maximum Gasteiger partial charge on any atom is 0.193 e. The normalized spacial score (nSPS) is 11.9. The first-order valence-electron chi connectivity index (χ1n) is 12.4. The van der Waals surface area contributed by atoms with Crippen LogP contribution in [0.2, 0.25) is 0 Å². The van der Waals surface area contributed by atoms with Gasteiger partial charge in [0.25, 0.3) is 0 Å². The van der Waals surface area contributed by atoms with Gasteiger partial charge < -0.3 is 5.11 Å². The Balaban J connectivity index is 0.000000253. The molecular formula is C32H30IrNO3-. The quantitative estimate of drug-likeness (QED) is 0.114. The number of benzene rings is 3. The average molecular weight is 669 g/mol. The minimum Gasteiger partial charge on any atom is -0.512 e. The summed E-state index contributed by atoms with van der Waals surface area (Å²) < 4.78 is 0. The van der Waals surface area contributed by atoms with Gasteiger partial charge in [-0.2, -0.15) is 0 Å². The average Bonchev–Trinajstić information content (AvgIpc) is 2.87. The Bertz CT molecular complexity index is 1440. The summed E-state index contributed by atoms with van der Waals surface area (Å²) in [5.74, 6) is 0.663. The van der Waals surface area contributed by atoms with Gasteiger partial charge in [-0.25, -0.2) is 0 Å². The molecule has 1 radical (unpaired) electrons. The molecule has 0 aliphatic heterocycles. The van der Waals surface area contributed by atoms with E-state index in [0.29, 0.717) is 18.8 Å². The van der Waals surface area contributed by atoms with Gasteiger partial charge in [-0.1, -0.05) is 63.2 Å². The van der Waals surface area contributed by atoms with Gasteiger partial charge in [0.05, 0.1) is 11.3 Å². The monoisotopic (exact) mass is 669 g/mol. The minimum absolute atomic E-state index is 0. The van der Waals surface area contributed by atoms with Gasteiger partial charge in [0.2, 0.25) is 0 Å². The van der Waals surface area contributed by atoms with Crippen LogP contribution in [0.4, 0.5) is 0 Å². The molecule has 0 unspecified atom stereocenters. The maximum atomic E-state index is 13.0. The van der Waals surface area contributed by atoms with E-state index in [1.54, 1.807) is 0 Å². The molecule has 1 aromatic heterocycles. The first kappa shape index (κ1) is 28.2. The van der Waals surface area contributed by atoms with E-state index in [1.165, 1.54) is 6.08 Å². The number of aliphatic hydroxyl groups excluding tert-OH is 1. The Kier molecular flexibility index (Phi) is 9.68. The Labute approximate surface area is 231 Å². The fourth-order valence-electron chi connectivity index (χ4n) is 4.42. The molecule has 5 heteroatoms. The van der Waals surface area contributed by atoms with E-state index in [1.807, 2.05) is 87.5 Å². The van der Waals surface area contributed by atoms with Crippen molar-refractivity contribution < 1.29 is 34.8 Å². The smallest absolute Gasteiger partial charge is 0.193 e. The molecule has 1 heterocycles. The van der Waals surface area contributed by atoms with Crippen molar-refractivity contribution in [2.24, 2.45) is 5.92 Å². The van der Waals surface area contributed by atoms with Crippen LogP contribution in [0.1, 0.15) is 56.0 Å². The summed E-state index contributed by atoms with van der Waals surface area (Å²) in [6, 6.07) is 26.6. The molecule has 191 valence electrons. The molecule has 1 N–H and O–H groups in total. The molecule has 0 bridgehead atoms. The summed E-state index contributed by atoms with van der Waals surface area (Å²) >= 11 is 0. The number of carbonyl (C=O) groups excluding carboxylic acids is 2. The second-order valence-corrected chi connectivity index (χ2v) is 9.36. The molecule has 1 aliphatic rings. The molecule has 0 spiro atoms. The molecular weight excluding hydrogens is 639 g/mol. The maximum absolute atomic E-state index is 13.0. The van der Waals surface area contributed by atoms with Crippen molar-refractivity contribution in [1.82, 2.24) is 4.98 Å². The zero-order chi connectivity index (χ0) is 25.7. The van der Waals surface area contributed by atoms with Crippen LogP contribution in [-0.4, -0.2) is 21.7 Å². The van der Waals surface area contributed by atoms with E-state index >= 15 is 0 Å². The molecule has 3 aromatic carbocycles. The number of aliphatic hydroxyl groups is 1. The summed E-state index contributed by atoms with van der Waals surface area (Å²) in [6.07, 6.45) is 3.35. The van der Waals surface area contributed by atoms with Gasteiger partial charge in [0.1, 0.15) is 0 Å². The summed E-state index contributed by atoms with van der Waals surface area (Å²) in [4.78, 5) is 28.9. The number of hydrogen-bond donors (Lipinski definition) is 1. The topological polar surface area (TPSA) is 67.3 Å². The summed E-state index contributed by atoms with van der Waals surface area (Å²) in [5, 5.41) is 10.1. The number of ketones is 2. The first-order chi connectivity index (χ1) is 17.4. The fourth-order valence-corrected chi connectivity index (χ4v) is 4.42. The van der Waals surface area contributed by atoms with Crippen LogP contribution < -0.4 is 0 Å². The van der Waals surface area contributed by atoms with Crippen LogP contribution in [0.15, 0.2) is 84.6 Å². The van der Waals surface area contributed by atoms with Crippen molar-refractivity contribution in [3.05, 3.63) is 102 Å². The minimum atomic E-state index is 0. The van der Waals surface area contributed by atoms with E-state index in [9.17, 15) is 14.7 Å². The van der Waals surface area contributed by atoms with E-state index in [-0.39, 0.29) is 37.4 Å². The molecule has 0 saturated carbocycles. The summed E-state index contributed by atoms with van der Waals surface area (Å²) in [7, 11) is 0. The van der Waals surface area contributed by atoms with E-state index in [0.717, 1.165) is 50.8 Å². The zero-order valence-corrected chi connectivity index (χ0v) is 23.6. The van der Waals surface area contributed by atoms with Crippen LogP contribution in [0.3, 0.4) is 0 Å². The van der Waals surface area contributed by atoms with E-state index in [2.05, 4.69) is 12.1 Å². The molecule has 0 fully saturated rings. The van der Waals surface area contributed by atoms with Gasteiger partial charge in [-0.3, -0.25) is 14.6 Å². The van der Waals surface area contributed by atoms with Crippen LogP contribution in [0.5, 0.6) is 0 Å². The van der Waals surface area contributed by atoms with Crippen molar-refractivity contribution in [1.29, 1.82) is 0 Å². The summed E-state index contributed by atoms with van der Waals surface area (Å²) in [5.41, 5.74) is 6.07. The third-order valence-corrected chi connectivity index (χ3v) is 5.97. The molecule has 4 aromatic rings. The fraction of sp³-hybridized carbons (Fsp3) is 0.219. The Morgan fingerprint density at radius 3 is 2.35 bits per heavy atom. The number of fused-ring (bicyclic) bond motifs is 2. The zero-order valence-electron chi connectivity index (χ0n) is 21.2. The second-order valence-electron chi connectivity index (χ2n) is 9.36. The molecule has 0 saturated heterocycles. The van der Waals surface area contributed by atoms with E-state index < -0.39 is 0 Å². The molecule has 1 aliphatic carbocycles. The Morgan fingerprint density at radius 2 is 1.68 bits per heavy atom. The number of nitrogens with zero attached hydrogens (tertiary/aromatic N) is 1. The molecule has 37 heavy (non-hydrogen) atoms. The van der Waals surface area contributed by atoms with Crippen molar-refractivity contribution in [2.75, 3.05) is 0 Å². The van der Waals surface area contributed by atoms with Crippen LogP contribution >= 0.6 is 0 Å². The molecule has 4 nitrogen and oxygen atoms in total. The predicted octanol–water partition coefficient (Wildman–Crippen LogP) is 7.75. The van der Waals surface area contributed by atoms with Gasteiger partial charge in [-0.05, 0) is 35.2 Å². The van der Waals surface area contributed by atoms with Gasteiger partial charge >= 0.3 is 0 Å². The van der Waals surface area contributed by atoms with Gasteiger partial charge in [-0.15, -0.1) is 35.9 Å².